The van der Waals surface area contributed by atoms with Crippen LogP contribution in [0.1, 0.15) is 76.5 Å². The molecule has 6 rings (SSSR count). The number of aryl methyl sites for hydroxylation is 1. The van der Waals surface area contributed by atoms with Gasteiger partial charge in [-0.3, -0.25) is 34.3 Å². The Kier molecular flexibility index (Phi) is 14.6. The number of halogens is 5. The van der Waals surface area contributed by atoms with E-state index in [-0.39, 0.29) is 36.3 Å². The molecule has 0 bridgehead atoms. The minimum atomic E-state index is -4.78. The van der Waals surface area contributed by atoms with E-state index in [0.717, 1.165) is 50.0 Å². The summed E-state index contributed by atoms with van der Waals surface area (Å²) in [5.74, 6) is -0.231. The predicted octanol–water partition coefficient (Wildman–Crippen LogP) is 7.79. The number of ether oxygens (including phenoxy) is 1. The van der Waals surface area contributed by atoms with Crippen molar-refractivity contribution >= 4 is 83.0 Å². The second-order valence-electron chi connectivity index (χ2n) is 15.6. The van der Waals surface area contributed by atoms with Crippen molar-refractivity contribution in [3.05, 3.63) is 76.3 Å². The summed E-state index contributed by atoms with van der Waals surface area (Å²) in [6, 6.07) is 14.4. The van der Waals surface area contributed by atoms with E-state index in [0.29, 0.717) is 53.2 Å². The summed E-state index contributed by atoms with van der Waals surface area (Å²) in [4.78, 5) is 55.9. The summed E-state index contributed by atoms with van der Waals surface area (Å²) < 4.78 is 47.7. The first-order valence-electron chi connectivity index (χ1n) is 19.5. The molecule has 60 heavy (non-hydrogen) atoms. The lowest BCUT2D eigenvalue weighted by Gasteiger charge is -2.35. The van der Waals surface area contributed by atoms with Gasteiger partial charge in [-0.15, -0.1) is 25.0 Å². The lowest BCUT2D eigenvalue weighted by atomic mass is 9.93. The summed E-state index contributed by atoms with van der Waals surface area (Å²) in [6.45, 7) is 9.20. The molecule has 0 aromatic heterocycles. The summed E-state index contributed by atoms with van der Waals surface area (Å²) in [5, 5.41) is 18.0. The topological polar surface area (TPSA) is 147 Å². The fourth-order valence-electron chi connectivity index (χ4n) is 7.91. The molecule has 0 radical (unpaired) electrons. The first-order chi connectivity index (χ1) is 27.9. The highest BCUT2D eigenvalue weighted by Gasteiger charge is 2.52. The zero-order chi connectivity index (χ0) is 42.8. The molecule has 3 heterocycles. The van der Waals surface area contributed by atoms with Crippen LogP contribution in [-0.4, -0.2) is 71.3 Å². The van der Waals surface area contributed by atoms with Crippen molar-refractivity contribution in [2.24, 2.45) is 5.92 Å². The second kappa shape index (κ2) is 18.9. The lowest BCUT2D eigenvalue weighted by Crippen LogP contribution is -2.47. The van der Waals surface area contributed by atoms with Gasteiger partial charge in [0.2, 0.25) is 17.7 Å². The Morgan fingerprint density at radius 1 is 1.05 bits per heavy atom. The van der Waals surface area contributed by atoms with E-state index < -0.39 is 52.2 Å². The minimum absolute atomic E-state index is 0. The van der Waals surface area contributed by atoms with Crippen molar-refractivity contribution in [3.63, 3.8) is 0 Å². The van der Waals surface area contributed by atoms with Crippen LogP contribution < -0.4 is 30.5 Å². The first-order valence-corrected chi connectivity index (χ1v) is 20.4. The maximum absolute atomic E-state index is 13.8. The van der Waals surface area contributed by atoms with E-state index in [1.165, 1.54) is 11.0 Å². The number of nitrogens with one attached hydrogen (secondary N) is 3. The molecule has 322 valence electrons. The van der Waals surface area contributed by atoms with Crippen LogP contribution in [0, 0.1) is 17.2 Å². The number of carbonyl (C=O) groups is 4. The zero-order valence-electron chi connectivity index (χ0n) is 33.6. The van der Waals surface area contributed by atoms with E-state index >= 15 is 0 Å². The molecule has 3 aliphatic heterocycles. The van der Waals surface area contributed by atoms with Gasteiger partial charge < -0.3 is 20.3 Å². The minimum Gasteiger partial charge on any atom is -0.493 e. The Labute approximate surface area is 363 Å². The van der Waals surface area contributed by atoms with Crippen LogP contribution in [0.4, 0.5) is 35.9 Å². The fourth-order valence-corrected chi connectivity index (χ4v) is 8.81. The van der Waals surface area contributed by atoms with Gasteiger partial charge >= 0.3 is 6.18 Å². The van der Waals surface area contributed by atoms with Crippen LogP contribution in [0.2, 0.25) is 5.02 Å². The SMILES string of the molecule is CCc1cc(N2[C@@H](S)N(c3ccc(C#N)c(C(F)(F)F)c3)C(=O)C2(C)C)ccc1OCCC1CCN([C@H](C)C(=O)Nc2cc(Cl)cc(N[C@@H]3CCC(=O)NC3=O)c2)CC1.Cl. The number of piperidine rings is 2. The van der Waals surface area contributed by atoms with Crippen molar-refractivity contribution in [3.8, 4) is 11.8 Å². The average molecular weight is 891 g/mol. The number of hydrogen-bond donors (Lipinski definition) is 4. The standard InChI is InChI=1S/C42H47ClF3N7O5S.ClH/c1-5-26-18-32(53-40(59)52(39(57)41(53,3)4)31-7-6-27(23-47)33(22-31)42(44,45)46)8-10-35(26)58-17-14-25-12-15-51(16-13-25)24(2)37(55)49-30-20-28(43)19-29(21-30)48-34-9-11-36(54)50-38(34)56;/h6-8,10,18-22,24-25,34,40,48,59H,5,9,11-17H2,1-4H3,(H,49,55)(H,50,54,56);1H/t24-,34-,40+;/m1./s1. The van der Waals surface area contributed by atoms with Crippen molar-refractivity contribution in [1.29, 1.82) is 5.26 Å². The summed E-state index contributed by atoms with van der Waals surface area (Å²) in [7, 11) is 0. The number of anilines is 4. The average Bonchev–Trinajstić information content (AvgIpc) is 3.36. The molecule has 3 fully saturated rings. The highest BCUT2D eigenvalue weighted by molar-refractivity contribution is 7.81. The number of benzene rings is 3. The van der Waals surface area contributed by atoms with Crippen LogP contribution in [0.3, 0.4) is 0 Å². The number of carbonyl (C=O) groups excluding carboxylic acids is 4. The molecule has 0 saturated carbocycles. The van der Waals surface area contributed by atoms with Gasteiger partial charge in [0.15, 0.2) is 5.50 Å². The molecule has 3 saturated heterocycles. The quantitative estimate of drug-likeness (QED) is 0.106. The van der Waals surface area contributed by atoms with E-state index in [4.69, 9.17) is 29.0 Å². The van der Waals surface area contributed by atoms with Gasteiger partial charge in [0.1, 0.15) is 17.3 Å². The monoisotopic (exact) mass is 889 g/mol. The molecule has 3 aromatic carbocycles. The normalized spacial score (nSPS) is 20.2. The Morgan fingerprint density at radius 3 is 2.38 bits per heavy atom. The lowest BCUT2D eigenvalue weighted by molar-refractivity contribution is -0.138. The predicted molar refractivity (Wildman–Crippen MR) is 230 cm³/mol. The summed E-state index contributed by atoms with van der Waals surface area (Å²) in [5.41, 5.74) is -1.14. The molecule has 0 aliphatic carbocycles. The number of imide groups is 1. The maximum atomic E-state index is 13.8. The van der Waals surface area contributed by atoms with E-state index in [2.05, 4.69) is 20.9 Å². The largest absolute Gasteiger partial charge is 0.493 e. The molecule has 3 aliphatic rings. The highest BCUT2D eigenvalue weighted by atomic mass is 35.5. The Hall–Kier alpha value is -4.69. The second-order valence-corrected chi connectivity index (χ2v) is 16.5. The van der Waals surface area contributed by atoms with Crippen LogP contribution >= 0.6 is 36.6 Å². The molecule has 12 nitrogen and oxygen atoms in total. The molecule has 3 N–H and O–H groups in total. The van der Waals surface area contributed by atoms with Gasteiger partial charge in [-0.05, 0) is 132 Å². The Balaban J connectivity index is 0.00000683. The molecule has 0 unspecified atom stereocenters. The molecular formula is C42H48Cl2F3N7O5S. The maximum Gasteiger partial charge on any atom is 0.417 e. The highest BCUT2D eigenvalue weighted by Crippen LogP contribution is 2.43. The molecule has 3 atom stereocenters. The van der Waals surface area contributed by atoms with Gasteiger partial charge in [-0.25, -0.2) is 0 Å². The summed E-state index contributed by atoms with van der Waals surface area (Å²) >= 11 is 11.1. The number of likely N-dealkylation sites (tertiary alicyclic amines) is 1. The van der Waals surface area contributed by atoms with Gasteiger partial charge in [0.25, 0.3) is 5.91 Å². The number of rotatable bonds is 12. The first kappa shape index (κ1) is 46.4. The number of thiol groups is 1. The third kappa shape index (κ3) is 10.1. The molecular weight excluding hydrogens is 842 g/mol. The fraction of sp³-hybridized carbons (Fsp3) is 0.452. The van der Waals surface area contributed by atoms with Crippen LogP contribution in [0.15, 0.2) is 54.6 Å². The van der Waals surface area contributed by atoms with Crippen molar-refractivity contribution < 1.29 is 37.1 Å². The summed E-state index contributed by atoms with van der Waals surface area (Å²) in [6.07, 6.45) is -0.969. The molecule has 0 spiro atoms. The molecule has 18 heteroatoms. The number of nitriles is 1. The number of alkyl halides is 3. The van der Waals surface area contributed by atoms with Gasteiger partial charge in [-0.1, -0.05) is 18.5 Å². The molecule has 3 aromatic rings. The van der Waals surface area contributed by atoms with Crippen molar-refractivity contribution in [1.82, 2.24) is 10.2 Å². The van der Waals surface area contributed by atoms with Crippen LogP contribution in [0.5, 0.6) is 5.75 Å². The third-order valence-electron chi connectivity index (χ3n) is 11.3. The number of amides is 4. The van der Waals surface area contributed by atoms with E-state index in [9.17, 15) is 37.6 Å². The van der Waals surface area contributed by atoms with Gasteiger partial charge in [0.05, 0.1) is 29.8 Å². The third-order valence-corrected chi connectivity index (χ3v) is 12.0. The van der Waals surface area contributed by atoms with Gasteiger partial charge in [0, 0.05) is 34.2 Å². The number of hydrogen-bond acceptors (Lipinski definition) is 10. The van der Waals surface area contributed by atoms with E-state index in [1.807, 2.05) is 32.0 Å². The van der Waals surface area contributed by atoms with Gasteiger partial charge in [-0.2, -0.15) is 18.4 Å². The van der Waals surface area contributed by atoms with Crippen LogP contribution in [-0.2, 0) is 31.8 Å². The Bertz CT molecular complexity index is 2160. The molecule has 4 amide bonds. The van der Waals surface area contributed by atoms with E-state index in [1.54, 1.807) is 43.0 Å². The van der Waals surface area contributed by atoms with Crippen LogP contribution in [0.25, 0.3) is 0 Å². The Morgan fingerprint density at radius 2 is 1.73 bits per heavy atom. The number of nitrogens with zero attached hydrogens (tertiary/aromatic N) is 4. The zero-order valence-corrected chi connectivity index (χ0v) is 36.0. The van der Waals surface area contributed by atoms with Crippen molar-refractivity contribution in [2.75, 3.05) is 40.1 Å². The smallest absolute Gasteiger partial charge is 0.417 e. The van der Waals surface area contributed by atoms with Crippen molar-refractivity contribution in [2.45, 2.75) is 95.5 Å².